The molecule has 1 fully saturated rings. The number of hydrogen-bond acceptors (Lipinski definition) is 6. The molecule has 10 heteroatoms. The van der Waals surface area contributed by atoms with Crippen molar-refractivity contribution in [3.05, 3.63) is 53.8 Å². The number of aryl methyl sites for hydroxylation is 1. The Bertz CT molecular complexity index is 1280. The Labute approximate surface area is 203 Å². The van der Waals surface area contributed by atoms with E-state index in [4.69, 9.17) is 0 Å². The zero-order valence-electron chi connectivity index (χ0n) is 19.6. The van der Waals surface area contributed by atoms with Crippen LogP contribution in [0.4, 0.5) is 9.52 Å². The monoisotopic (exact) mass is 504 g/mol. The van der Waals surface area contributed by atoms with Gasteiger partial charge in [-0.05, 0) is 77.2 Å². The molecule has 1 aliphatic rings. The fourth-order valence-corrected chi connectivity index (χ4v) is 6.82. The lowest BCUT2D eigenvalue weighted by Crippen LogP contribution is -2.48. The van der Waals surface area contributed by atoms with E-state index in [9.17, 15) is 17.6 Å². The summed E-state index contributed by atoms with van der Waals surface area (Å²) in [6, 6.07) is 10.2. The quantitative estimate of drug-likeness (QED) is 0.466. The second-order valence-corrected chi connectivity index (χ2v) is 11.7. The Kier molecular flexibility index (Phi) is 7.32. The summed E-state index contributed by atoms with van der Waals surface area (Å²) in [4.78, 5) is 22.2. The zero-order chi connectivity index (χ0) is 24.5. The van der Waals surface area contributed by atoms with E-state index in [1.54, 1.807) is 35.2 Å². The van der Waals surface area contributed by atoms with Crippen molar-refractivity contribution in [2.75, 3.05) is 38.6 Å². The third kappa shape index (κ3) is 5.14. The molecule has 4 rings (SSSR count). The standard InChI is InChI=1S/C24H29FN4O3S2/c1-17-7-10-19(11-8-17)34(31,32)29-15-4-6-21(29)23(30)28(14-5-13-27(2)3)24-26-20-12-9-18(25)16-22(20)33-24/h7-12,16,21H,4-6,13-15H2,1-3H3. The molecule has 1 aromatic heterocycles. The van der Waals surface area contributed by atoms with Crippen LogP contribution in [0.25, 0.3) is 10.2 Å². The third-order valence-corrected chi connectivity index (χ3v) is 8.90. The van der Waals surface area contributed by atoms with Crippen LogP contribution in [0.5, 0.6) is 0 Å². The molecule has 3 aromatic rings. The summed E-state index contributed by atoms with van der Waals surface area (Å²) in [7, 11) is 0.0971. The van der Waals surface area contributed by atoms with E-state index in [1.165, 1.54) is 27.8 Å². The van der Waals surface area contributed by atoms with Crippen molar-refractivity contribution in [1.82, 2.24) is 14.2 Å². The third-order valence-electron chi connectivity index (χ3n) is 5.94. The van der Waals surface area contributed by atoms with Crippen molar-refractivity contribution >= 4 is 42.6 Å². The lowest BCUT2D eigenvalue weighted by atomic mass is 10.2. The second-order valence-electron chi connectivity index (χ2n) is 8.84. The maximum absolute atomic E-state index is 13.8. The number of fused-ring (bicyclic) bond motifs is 1. The highest BCUT2D eigenvalue weighted by Crippen LogP contribution is 2.33. The van der Waals surface area contributed by atoms with Gasteiger partial charge in [0.25, 0.3) is 0 Å². The van der Waals surface area contributed by atoms with Crippen LogP contribution >= 0.6 is 11.3 Å². The predicted molar refractivity (Wildman–Crippen MR) is 133 cm³/mol. The summed E-state index contributed by atoms with van der Waals surface area (Å²) in [6.07, 6.45) is 1.76. The van der Waals surface area contributed by atoms with Crippen LogP contribution in [-0.4, -0.2) is 68.3 Å². The van der Waals surface area contributed by atoms with Crippen molar-refractivity contribution in [3.8, 4) is 0 Å². The molecule has 0 saturated carbocycles. The maximum Gasteiger partial charge on any atom is 0.247 e. The molecule has 182 valence electrons. The molecule has 0 bridgehead atoms. The number of rotatable bonds is 8. The van der Waals surface area contributed by atoms with Gasteiger partial charge >= 0.3 is 0 Å². The molecule has 1 atom stereocenters. The Hall–Kier alpha value is -2.40. The average molecular weight is 505 g/mol. The van der Waals surface area contributed by atoms with Gasteiger partial charge in [-0.2, -0.15) is 4.31 Å². The van der Waals surface area contributed by atoms with E-state index in [0.717, 1.165) is 12.1 Å². The summed E-state index contributed by atoms with van der Waals surface area (Å²) >= 11 is 1.24. The van der Waals surface area contributed by atoms with Crippen LogP contribution in [0, 0.1) is 12.7 Å². The van der Waals surface area contributed by atoms with Gasteiger partial charge in [0.1, 0.15) is 11.9 Å². The summed E-state index contributed by atoms with van der Waals surface area (Å²) < 4.78 is 42.5. The number of benzene rings is 2. The molecule has 34 heavy (non-hydrogen) atoms. The highest BCUT2D eigenvalue weighted by Gasteiger charge is 2.42. The lowest BCUT2D eigenvalue weighted by molar-refractivity contribution is -0.121. The number of carbonyl (C=O) groups excluding carboxylic acids is 1. The van der Waals surface area contributed by atoms with Crippen LogP contribution < -0.4 is 4.90 Å². The SMILES string of the molecule is Cc1ccc(S(=O)(=O)N2CCCC2C(=O)N(CCCN(C)C)c2nc3ccc(F)cc3s2)cc1. The molecule has 7 nitrogen and oxygen atoms in total. The molecule has 2 aromatic carbocycles. The average Bonchev–Trinajstić information content (AvgIpc) is 3.44. The molecule has 1 unspecified atom stereocenters. The number of anilines is 1. The Morgan fingerprint density at radius 1 is 1.18 bits per heavy atom. The van der Waals surface area contributed by atoms with Crippen LogP contribution in [-0.2, 0) is 14.8 Å². The Balaban J connectivity index is 1.65. The summed E-state index contributed by atoms with van der Waals surface area (Å²) in [5, 5.41) is 0.462. The topological polar surface area (TPSA) is 73.8 Å². The molecular weight excluding hydrogens is 475 g/mol. The first kappa shape index (κ1) is 24.7. The van der Waals surface area contributed by atoms with Crippen molar-refractivity contribution in [2.45, 2.75) is 37.1 Å². The maximum atomic E-state index is 13.8. The molecule has 0 radical (unpaired) electrons. The van der Waals surface area contributed by atoms with Gasteiger partial charge in [-0.1, -0.05) is 29.0 Å². The highest BCUT2D eigenvalue weighted by atomic mass is 32.2. The van der Waals surface area contributed by atoms with Crippen molar-refractivity contribution in [2.24, 2.45) is 0 Å². The summed E-state index contributed by atoms with van der Waals surface area (Å²) in [6.45, 7) is 3.35. The Morgan fingerprint density at radius 2 is 1.91 bits per heavy atom. The van der Waals surface area contributed by atoms with E-state index in [1.807, 2.05) is 25.9 Å². The number of halogens is 1. The fourth-order valence-electron chi connectivity index (χ4n) is 4.15. The molecule has 1 saturated heterocycles. The molecule has 0 N–H and O–H groups in total. The van der Waals surface area contributed by atoms with Gasteiger partial charge in [-0.3, -0.25) is 9.69 Å². The van der Waals surface area contributed by atoms with Crippen LogP contribution in [0.1, 0.15) is 24.8 Å². The first-order valence-electron chi connectivity index (χ1n) is 11.3. The zero-order valence-corrected chi connectivity index (χ0v) is 21.2. The molecule has 2 heterocycles. The fraction of sp³-hybridized carbons (Fsp3) is 0.417. The number of thiazole rings is 1. The number of carbonyl (C=O) groups is 1. The first-order valence-corrected chi connectivity index (χ1v) is 13.5. The van der Waals surface area contributed by atoms with Crippen molar-refractivity contribution in [1.29, 1.82) is 0 Å². The van der Waals surface area contributed by atoms with E-state index < -0.39 is 16.1 Å². The number of aromatic nitrogens is 1. The first-order chi connectivity index (χ1) is 16.2. The van der Waals surface area contributed by atoms with Crippen LogP contribution in [0.15, 0.2) is 47.4 Å². The summed E-state index contributed by atoms with van der Waals surface area (Å²) in [5.74, 6) is -0.647. The minimum absolute atomic E-state index is 0.187. The normalized spacial score (nSPS) is 17.0. The van der Waals surface area contributed by atoms with Gasteiger partial charge in [-0.25, -0.2) is 17.8 Å². The highest BCUT2D eigenvalue weighted by molar-refractivity contribution is 7.89. The molecular formula is C24H29FN4O3S2. The smallest absolute Gasteiger partial charge is 0.247 e. The lowest BCUT2D eigenvalue weighted by Gasteiger charge is -2.29. The van der Waals surface area contributed by atoms with Gasteiger partial charge in [0.05, 0.1) is 15.1 Å². The molecule has 1 aliphatic heterocycles. The number of amides is 1. The van der Waals surface area contributed by atoms with E-state index in [0.29, 0.717) is 47.7 Å². The van der Waals surface area contributed by atoms with Gasteiger partial charge in [-0.15, -0.1) is 0 Å². The molecule has 0 aliphatic carbocycles. The van der Waals surface area contributed by atoms with E-state index in [-0.39, 0.29) is 16.6 Å². The van der Waals surface area contributed by atoms with E-state index >= 15 is 0 Å². The molecule has 1 amide bonds. The van der Waals surface area contributed by atoms with Crippen LogP contribution in [0.3, 0.4) is 0 Å². The van der Waals surface area contributed by atoms with E-state index in [2.05, 4.69) is 4.98 Å². The molecule has 0 spiro atoms. The van der Waals surface area contributed by atoms with Crippen LogP contribution in [0.2, 0.25) is 0 Å². The van der Waals surface area contributed by atoms with Gasteiger partial charge in [0, 0.05) is 13.1 Å². The number of sulfonamides is 1. The van der Waals surface area contributed by atoms with Crippen molar-refractivity contribution < 1.29 is 17.6 Å². The van der Waals surface area contributed by atoms with Gasteiger partial charge in [0.2, 0.25) is 15.9 Å². The van der Waals surface area contributed by atoms with Gasteiger partial charge < -0.3 is 4.90 Å². The number of nitrogens with zero attached hydrogens (tertiary/aromatic N) is 4. The predicted octanol–water partition coefficient (Wildman–Crippen LogP) is 3.88. The largest absolute Gasteiger partial charge is 0.309 e. The minimum Gasteiger partial charge on any atom is -0.309 e. The van der Waals surface area contributed by atoms with Crippen molar-refractivity contribution in [3.63, 3.8) is 0 Å². The second kappa shape index (κ2) is 10.1. The number of hydrogen-bond donors (Lipinski definition) is 0. The van der Waals surface area contributed by atoms with Gasteiger partial charge in [0.15, 0.2) is 5.13 Å². The summed E-state index contributed by atoms with van der Waals surface area (Å²) in [5.41, 5.74) is 1.58. The Morgan fingerprint density at radius 3 is 2.62 bits per heavy atom. The minimum atomic E-state index is -3.82.